The van der Waals surface area contributed by atoms with Gasteiger partial charge in [0.2, 0.25) is 0 Å². The molecule has 0 saturated carbocycles. The van der Waals surface area contributed by atoms with Crippen LogP contribution in [0.3, 0.4) is 0 Å². The summed E-state index contributed by atoms with van der Waals surface area (Å²) in [5, 5.41) is 8.98. The molecule has 1 unspecified atom stereocenters. The summed E-state index contributed by atoms with van der Waals surface area (Å²) in [5.74, 6) is 0.184. The fraction of sp³-hybridized carbons (Fsp3) is 0.286. The molecule has 5 nitrogen and oxygen atoms in total. The van der Waals surface area contributed by atoms with Gasteiger partial charge in [-0.3, -0.25) is 9.78 Å². The molecule has 0 radical (unpaired) electrons. The normalized spacial score (nSPS) is 16.2. The first-order valence-electron chi connectivity index (χ1n) is 9.30. The van der Waals surface area contributed by atoms with Crippen LogP contribution in [-0.4, -0.2) is 29.0 Å². The minimum Gasteiger partial charge on any atom is -0.345 e. The second-order valence-electron chi connectivity index (χ2n) is 6.96. The van der Waals surface area contributed by atoms with Crippen LogP contribution >= 0.6 is 11.3 Å². The van der Waals surface area contributed by atoms with Gasteiger partial charge >= 0.3 is 0 Å². The lowest BCUT2D eigenvalue weighted by Crippen LogP contribution is -2.23. The number of nitrogens with one attached hydrogen (secondary N) is 2. The Balaban J connectivity index is 1.36. The molecule has 4 rings (SSSR count). The Bertz CT molecular complexity index is 951. The molecule has 144 valence electrons. The van der Waals surface area contributed by atoms with E-state index in [1.807, 2.05) is 17.6 Å². The number of carbonyl (C=O) groups is 1. The summed E-state index contributed by atoms with van der Waals surface area (Å²) < 4.78 is 13.0. The van der Waals surface area contributed by atoms with Crippen LogP contribution in [0.5, 0.6) is 0 Å². The first-order valence-corrected chi connectivity index (χ1v) is 10.2. The van der Waals surface area contributed by atoms with Gasteiger partial charge in [-0.1, -0.05) is 0 Å². The molecule has 1 aliphatic heterocycles. The highest BCUT2D eigenvalue weighted by Crippen LogP contribution is 2.22. The van der Waals surface area contributed by atoms with E-state index in [-0.39, 0.29) is 11.7 Å². The maximum absolute atomic E-state index is 13.0. The molecule has 0 bridgehead atoms. The van der Waals surface area contributed by atoms with Crippen LogP contribution in [0.15, 0.2) is 48.1 Å². The van der Waals surface area contributed by atoms with Crippen molar-refractivity contribution in [3.8, 4) is 11.3 Å². The second kappa shape index (κ2) is 8.58. The van der Waals surface area contributed by atoms with Crippen molar-refractivity contribution >= 4 is 17.2 Å². The zero-order valence-corrected chi connectivity index (χ0v) is 16.1. The summed E-state index contributed by atoms with van der Waals surface area (Å²) in [6.45, 7) is 2.43. The monoisotopic (exact) mass is 396 g/mol. The third kappa shape index (κ3) is 4.61. The zero-order valence-electron chi connectivity index (χ0n) is 15.3. The molecule has 28 heavy (non-hydrogen) atoms. The maximum atomic E-state index is 13.0. The highest BCUT2D eigenvalue weighted by molar-refractivity contribution is 7.09. The van der Waals surface area contributed by atoms with E-state index >= 15 is 0 Å². The van der Waals surface area contributed by atoms with Crippen LogP contribution in [0.4, 0.5) is 4.39 Å². The molecule has 0 aliphatic carbocycles. The van der Waals surface area contributed by atoms with E-state index in [1.54, 1.807) is 18.3 Å². The third-order valence-corrected chi connectivity index (χ3v) is 5.68. The van der Waals surface area contributed by atoms with Gasteiger partial charge in [0.15, 0.2) is 0 Å². The molecule has 1 saturated heterocycles. The second-order valence-corrected chi connectivity index (χ2v) is 7.90. The topological polar surface area (TPSA) is 66.9 Å². The first-order chi connectivity index (χ1) is 13.7. The number of hydrogen-bond donors (Lipinski definition) is 2. The Labute approximate surface area is 167 Å². The van der Waals surface area contributed by atoms with Gasteiger partial charge in [0.05, 0.1) is 17.8 Å². The van der Waals surface area contributed by atoms with Crippen LogP contribution in [0.2, 0.25) is 0 Å². The van der Waals surface area contributed by atoms with Gasteiger partial charge in [0.1, 0.15) is 10.8 Å². The van der Waals surface area contributed by atoms with E-state index < -0.39 is 0 Å². The summed E-state index contributed by atoms with van der Waals surface area (Å²) in [5.41, 5.74) is 3.30. The van der Waals surface area contributed by atoms with Crippen molar-refractivity contribution in [2.45, 2.75) is 19.4 Å². The SMILES string of the molecule is O=C(NCc1nc(-c2ccc(F)cc2)cs1)c1cncc(CC2CCNC2)c1. The van der Waals surface area contributed by atoms with Gasteiger partial charge in [-0.15, -0.1) is 11.3 Å². The zero-order chi connectivity index (χ0) is 19.3. The number of aromatic nitrogens is 2. The number of benzene rings is 1. The molecular formula is C21H21FN4OS. The number of rotatable bonds is 6. The van der Waals surface area contributed by atoms with Gasteiger partial charge < -0.3 is 10.6 Å². The molecule has 1 atom stereocenters. The van der Waals surface area contributed by atoms with Crippen LogP contribution in [0.25, 0.3) is 11.3 Å². The van der Waals surface area contributed by atoms with Crippen molar-refractivity contribution < 1.29 is 9.18 Å². The van der Waals surface area contributed by atoms with E-state index in [0.717, 1.165) is 47.8 Å². The molecule has 3 aromatic rings. The lowest BCUT2D eigenvalue weighted by molar-refractivity contribution is 0.0950. The highest BCUT2D eigenvalue weighted by atomic mass is 32.1. The quantitative estimate of drug-likeness (QED) is 0.670. The largest absolute Gasteiger partial charge is 0.345 e. The lowest BCUT2D eigenvalue weighted by atomic mass is 9.99. The van der Waals surface area contributed by atoms with Crippen LogP contribution in [0, 0.1) is 11.7 Å². The van der Waals surface area contributed by atoms with Crippen molar-refractivity contribution in [2.75, 3.05) is 13.1 Å². The molecule has 1 amide bonds. The van der Waals surface area contributed by atoms with Crippen molar-refractivity contribution in [3.63, 3.8) is 0 Å². The Morgan fingerprint density at radius 2 is 2.14 bits per heavy atom. The van der Waals surface area contributed by atoms with E-state index in [9.17, 15) is 9.18 Å². The number of carbonyl (C=O) groups excluding carboxylic acids is 1. The van der Waals surface area contributed by atoms with E-state index in [0.29, 0.717) is 18.0 Å². The van der Waals surface area contributed by atoms with Crippen LogP contribution in [-0.2, 0) is 13.0 Å². The lowest BCUT2D eigenvalue weighted by Gasteiger charge is -2.09. The molecule has 7 heteroatoms. The maximum Gasteiger partial charge on any atom is 0.253 e. The fourth-order valence-corrected chi connectivity index (χ4v) is 4.09. The number of halogens is 1. The van der Waals surface area contributed by atoms with Crippen LogP contribution < -0.4 is 10.6 Å². The van der Waals surface area contributed by atoms with Gasteiger partial charge in [-0.2, -0.15) is 0 Å². The Morgan fingerprint density at radius 1 is 1.29 bits per heavy atom. The fourth-order valence-electron chi connectivity index (χ4n) is 3.35. The minimum atomic E-state index is -0.272. The van der Waals surface area contributed by atoms with E-state index in [4.69, 9.17) is 0 Å². The molecule has 1 aliphatic rings. The molecule has 1 fully saturated rings. The predicted octanol–water partition coefficient (Wildman–Crippen LogP) is 3.43. The molecule has 2 N–H and O–H groups in total. The minimum absolute atomic E-state index is 0.155. The number of nitrogens with zero attached hydrogens (tertiary/aromatic N) is 2. The molecule has 2 aromatic heterocycles. The van der Waals surface area contributed by atoms with E-state index in [2.05, 4.69) is 20.6 Å². The average molecular weight is 396 g/mol. The number of amides is 1. The van der Waals surface area contributed by atoms with E-state index in [1.165, 1.54) is 23.5 Å². The van der Waals surface area contributed by atoms with Crippen molar-refractivity contribution in [2.24, 2.45) is 5.92 Å². The van der Waals surface area contributed by atoms with Crippen molar-refractivity contribution in [1.82, 2.24) is 20.6 Å². The number of hydrogen-bond acceptors (Lipinski definition) is 5. The number of thiazole rings is 1. The Morgan fingerprint density at radius 3 is 2.93 bits per heavy atom. The van der Waals surface area contributed by atoms with Gasteiger partial charge in [0.25, 0.3) is 5.91 Å². The standard InChI is InChI=1S/C21H21FN4OS/c22-18-3-1-16(2-4-18)19-13-28-20(26-19)12-25-21(27)17-8-15(10-24-11-17)7-14-5-6-23-9-14/h1-4,8,10-11,13-14,23H,5-7,9,12H2,(H,25,27). The van der Waals surface area contributed by atoms with Gasteiger partial charge in [-0.25, -0.2) is 9.37 Å². The molecule has 0 spiro atoms. The summed E-state index contributed by atoms with van der Waals surface area (Å²) >= 11 is 1.47. The smallest absolute Gasteiger partial charge is 0.253 e. The van der Waals surface area contributed by atoms with Gasteiger partial charge in [0, 0.05) is 23.3 Å². The molecule has 3 heterocycles. The number of pyridine rings is 1. The summed E-state index contributed by atoms with van der Waals surface area (Å²) in [7, 11) is 0. The average Bonchev–Trinajstić information content (AvgIpc) is 3.39. The molecule has 1 aromatic carbocycles. The first kappa shape index (κ1) is 18.7. The summed E-state index contributed by atoms with van der Waals surface area (Å²) in [6, 6.07) is 8.15. The third-order valence-electron chi connectivity index (χ3n) is 4.84. The van der Waals surface area contributed by atoms with Gasteiger partial charge in [-0.05, 0) is 67.7 Å². The Hall–Kier alpha value is -2.64. The van der Waals surface area contributed by atoms with Crippen LogP contribution in [0.1, 0.15) is 27.3 Å². The van der Waals surface area contributed by atoms with Crippen molar-refractivity contribution in [3.05, 3.63) is 70.1 Å². The Kier molecular flexibility index (Phi) is 5.73. The highest BCUT2D eigenvalue weighted by Gasteiger charge is 2.16. The summed E-state index contributed by atoms with van der Waals surface area (Å²) in [4.78, 5) is 21.2. The van der Waals surface area contributed by atoms with Crippen molar-refractivity contribution in [1.29, 1.82) is 0 Å². The predicted molar refractivity (Wildman–Crippen MR) is 108 cm³/mol. The summed E-state index contributed by atoms with van der Waals surface area (Å²) in [6.07, 6.45) is 5.54. The molecular weight excluding hydrogens is 375 g/mol.